The Labute approximate surface area is 201 Å². The van der Waals surface area contributed by atoms with Crippen molar-refractivity contribution >= 4 is 32.4 Å². The van der Waals surface area contributed by atoms with Gasteiger partial charge in [0, 0.05) is 6.20 Å². The van der Waals surface area contributed by atoms with Crippen LogP contribution in [-0.4, -0.2) is 4.98 Å². The summed E-state index contributed by atoms with van der Waals surface area (Å²) in [6.07, 6.45) is 1.82. The molecule has 162 valence electrons. The average molecular weight is 626 g/mol. The smallest absolute Gasteiger partial charge is 0.304 e. The minimum atomic E-state index is -4.94. The number of pyridine rings is 1. The molecule has 0 aliphatic carbocycles. The molecular weight excluding hydrogens is 611 g/mol. The van der Waals surface area contributed by atoms with Crippen LogP contribution in [0.4, 0.5) is 0 Å². The maximum atomic E-state index is 8.65. The normalized spacial score (nSPS) is 10.2. The fraction of sp³-hybridized carbons (Fsp3) is 0. The topological polar surface area (TPSA) is 129 Å². The summed E-state index contributed by atoms with van der Waals surface area (Å²) >= 11 is 0. The summed E-state index contributed by atoms with van der Waals surface area (Å²) in [6.45, 7) is 0. The molecule has 5 rings (SSSR count). The third-order valence-corrected chi connectivity index (χ3v) is 4.29. The molecule has 0 fully saturated rings. The molecule has 0 atom stereocenters. The second-order valence-electron chi connectivity index (χ2n) is 6.33. The van der Waals surface area contributed by atoms with Crippen molar-refractivity contribution in [3.8, 4) is 6.07 Å². The van der Waals surface area contributed by atoms with Crippen LogP contribution in [0.1, 0.15) is 5.56 Å². The van der Waals surface area contributed by atoms with Crippen molar-refractivity contribution in [2.75, 3.05) is 0 Å². The Morgan fingerprint density at radius 1 is 0.750 bits per heavy atom. The van der Waals surface area contributed by atoms with Crippen LogP contribution in [0.3, 0.4) is 0 Å². The van der Waals surface area contributed by atoms with Crippen LogP contribution < -0.4 is 18.6 Å². The Morgan fingerprint density at radius 3 is 2.06 bits per heavy atom. The van der Waals surface area contributed by atoms with Crippen LogP contribution in [0.15, 0.2) is 91.1 Å². The van der Waals surface area contributed by atoms with Crippen molar-refractivity contribution in [3.63, 3.8) is 0 Å². The molecule has 0 aliphatic heterocycles. The molecule has 4 aromatic carbocycles. The summed E-state index contributed by atoms with van der Waals surface area (Å²) in [4.78, 5) is 4.38. The molecular formula is C24H15ClN2O4Pt. The number of halogens is 1. The SMILES string of the molecule is N#Cc1ccc2ccccc2c1.[O-][Cl+3]([O-])([O-])[O-].[Pt+2].[c-]1cccc2ccc3cccnc3c12. The second-order valence-corrected chi connectivity index (χ2v) is 7.08. The molecule has 32 heavy (non-hydrogen) atoms. The predicted octanol–water partition coefficient (Wildman–Crippen LogP) is 1.14. The quantitative estimate of drug-likeness (QED) is 0.188. The fourth-order valence-corrected chi connectivity index (χ4v) is 2.99. The summed E-state index contributed by atoms with van der Waals surface area (Å²) in [6, 6.07) is 33.3. The van der Waals surface area contributed by atoms with Gasteiger partial charge in [-0.2, -0.15) is 5.26 Å². The van der Waals surface area contributed by atoms with Crippen molar-refractivity contribution in [1.29, 1.82) is 5.26 Å². The summed E-state index contributed by atoms with van der Waals surface area (Å²) in [5, 5.41) is 14.4. The van der Waals surface area contributed by atoms with Gasteiger partial charge in [-0.1, -0.05) is 48.5 Å². The largest absolute Gasteiger partial charge is 2.00 e. The number of rotatable bonds is 0. The third kappa shape index (κ3) is 7.36. The maximum absolute atomic E-state index is 8.65. The first-order chi connectivity index (χ1) is 14.8. The van der Waals surface area contributed by atoms with E-state index >= 15 is 0 Å². The Bertz CT molecular complexity index is 1310. The van der Waals surface area contributed by atoms with E-state index in [-0.39, 0.29) is 21.1 Å². The zero-order valence-corrected chi connectivity index (χ0v) is 19.4. The number of aromatic nitrogens is 1. The first-order valence-electron chi connectivity index (χ1n) is 9.00. The molecule has 0 unspecified atom stereocenters. The van der Waals surface area contributed by atoms with Crippen LogP contribution in [0.25, 0.3) is 32.4 Å². The van der Waals surface area contributed by atoms with E-state index in [9.17, 15) is 0 Å². The monoisotopic (exact) mass is 625 g/mol. The first-order valence-corrected chi connectivity index (χ1v) is 10.2. The molecule has 5 aromatic rings. The van der Waals surface area contributed by atoms with Gasteiger partial charge in [0.1, 0.15) is 0 Å². The van der Waals surface area contributed by atoms with Gasteiger partial charge >= 0.3 is 21.1 Å². The minimum Gasteiger partial charge on any atom is -0.304 e. The van der Waals surface area contributed by atoms with Crippen LogP contribution in [-0.2, 0) is 21.1 Å². The zero-order valence-electron chi connectivity index (χ0n) is 16.4. The number of hydrogen-bond donors (Lipinski definition) is 0. The van der Waals surface area contributed by atoms with Gasteiger partial charge in [-0.3, -0.25) is 0 Å². The Balaban J connectivity index is 0.000000186. The van der Waals surface area contributed by atoms with E-state index in [1.165, 1.54) is 16.2 Å². The van der Waals surface area contributed by atoms with Gasteiger partial charge in [0.05, 0.1) is 11.6 Å². The molecule has 0 N–H and O–H groups in total. The Kier molecular flexibility index (Phi) is 9.24. The van der Waals surface area contributed by atoms with Crippen molar-refractivity contribution in [2.24, 2.45) is 0 Å². The molecule has 1 aromatic heterocycles. The van der Waals surface area contributed by atoms with E-state index in [4.69, 9.17) is 23.9 Å². The van der Waals surface area contributed by atoms with Crippen molar-refractivity contribution < 1.29 is 49.9 Å². The van der Waals surface area contributed by atoms with Crippen LogP contribution in [0, 0.1) is 27.6 Å². The molecule has 0 radical (unpaired) electrons. The first kappa shape index (κ1) is 25.4. The Morgan fingerprint density at radius 2 is 1.34 bits per heavy atom. The molecule has 0 bridgehead atoms. The predicted molar refractivity (Wildman–Crippen MR) is 107 cm³/mol. The summed E-state index contributed by atoms with van der Waals surface area (Å²) in [5.74, 6) is 0. The van der Waals surface area contributed by atoms with Gasteiger partial charge in [-0.25, -0.2) is 18.6 Å². The average Bonchev–Trinajstić information content (AvgIpc) is 2.78. The Hall–Kier alpha value is -2.88. The van der Waals surface area contributed by atoms with Crippen molar-refractivity contribution in [3.05, 3.63) is 103 Å². The van der Waals surface area contributed by atoms with E-state index in [0.717, 1.165) is 16.3 Å². The van der Waals surface area contributed by atoms with E-state index in [2.05, 4.69) is 41.4 Å². The van der Waals surface area contributed by atoms with Gasteiger partial charge < -0.3 is 4.98 Å². The molecule has 0 saturated heterocycles. The summed E-state index contributed by atoms with van der Waals surface area (Å²) in [5.41, 5.74) is 1.75. The number of nitrogens with zero attached hydrogens (tertiary/aromatic N) is 2. The number of hydrogen-bond acceptors (Lipinski definition) is 6. The standard InChI is InChI=1S/C13H8N.C11H7N.ClHO4.Pt/c1-2-6-12-10(4-1)7-8-11-5-3-9-14-13(11)12;12-8-9-5-6-10-3-1-2-4-11(10)7-9;2-1(3,4)5;/h1-5,7-9H;1-7H;(H,2,3,4,5);/q-1;;;+2/p-1. The van der Waals surface area contributed by atoms with E-state index in [0.29, 0.717) is 5.56 Å². The number of benzene rings is 4. The fourth-order valence-electron chi connectivity index (χ4n) is 2.99. The summed E-state index contributed by atoms with van der Waals surface area (Å²) < 4.78 is 34.0. The van der Waals surface area contributed by atoms with E-state index < -0.39 is 10.2 Å². The molecule has 6 nitrogen and oxygen atoms in total. The number of fused-ring (bicyclic) bond motifs is 4. The molecule has 8 heteroatoms. The summed E-state index contributed by atoms with van der Waals surface area (Å²) in [7, 11) is -4.94. The van der Waals surface area contributed by atoms with Crippen LogP contribution >= 0.6 is 0 Å². The second kappa shape index (κ2) is 11.7. The van der Waals surface area contributed by atoms with Gasteiger partial charge in [-0.15, -0.1) is 45.3 Å². The van der Waals surface area contributed by atoms with Gasteiger partial charge in [0.15, 0.2) is 0 Å². The number of nitriles is 1. The molecule has 0 amide bonds. The minimum absolute atomic E-state index is 0. The molecule has 1 heterocycles. The third-order valence-electron chi connectivity index (χ3n) is 4.29. The molecule has 0 aliphatic rings. The van der Waals surface area contributed by atoms with E-state index in [1.54, 1.807) is 0 Å². The molecule has 0 saturated carbocycles. The van der Waals surface area contributed by atoms with Crippen LogP contribution in [0.2, 0.25) is 0 Å². The maximum Gasteiger partial charge on any atom is 2.00 e. The van der Waals surface area contributed by atoms with Gasteiger partial charge in [0.2, 0.25) is 0 Å². The van der Waals surface area contributed by atoms with Gasteiger partial charge in [0.25, 0.3) is 0 Å². The molecule has 0 spiro atoms. The van der Waals surface area contributed by atoms with Crippen LogP contribution in [0.5, 0.6) is 0 Å². The van der Waals surface area contributed by atoms with Crippen molar-refractivity contribution in [1.82, 2.24) is 4.98 Å². The van der Waals surface area contributed by atoms with E-state index in [1.807, 2.05) is 66.9 Å². The van der Waals surface area contributed by atoms with Crippen molar-refractivity contribution in [2.45, 2.75) is 0 Å². The van der Waals surface area contributed by atoms with Gasteiger partial charge in [-0.05, 0) is 39.9 Å². The zero-order chi connectivity index (χ0) is 22.3.